The zero-order valence-electron chi connectivity index (χ0n) is 15.0. The number of carbonyl (C=O) groups is 1. The van der Waals surface area contributed by atoms with E-state index in [1.54, 1.807) is 7.11 Å². The van der Waals surface area contributed by atoms with Gasteiger partial charge < -0.3 is 14.4 Å². The van der Waals surface area contributed by atoms with Crippen molar-refractivity contribution in [3.8, 4) is 5.88 Å². The van der Waals surface area contributed by atoms with E-state index in [1.807, 2.05) is 31.7 Å². The lowest BCUT2D eigenvalue weighted by molar-refractivity contribution is 0.0197. The minimum Gasteiger partial charge on any atom is -0.481 e. The number of pyridine rings is 1. The maximum Gasteiger partial charge on any atom is 0.410 e. The summed E-state index contributed by atoms with van der Waals surface area (Å²) in [5, 5.41) is 0. The van der Waals surface area contributed by atoms with Crippen LogP contribution in [0.15, 0.2) is 12.1 Å². The largest absolute Gasteiger partial charge is 0.481 e. The van der Waals surface area contributed by atoms with Crippen LogP contribution in [0.5, 0.6) is 5.88 Å². The van der Waals surface area contributed by atoms with Gasteiger partial charge in [0.25, 0.3) is 0 Å². The fourth-order valence-electron chi connectivity index (χ4n) is 5.05. The summed E-state index contributed by atoms with van der Waals surface area (Å²) in [6.45, 7) is 5.79. The van der Waals surface area contributed by atoms with E-state index in [0.29, 0.717) is 11.9 Å². The average Bonchev–Trinajstić information content (AvgIpc) is 3.17. The van der Waals surface area contributed by atoms with Gasteiger partial charge >= 0.3 is 6.09 Å². The van der Waals surface area contributed by atoms with E-state index < -0.39 is 5.60 Å². The molecule has 1 aromatic rings. The first-order valence-electron chi connectivity index (χ1n) is 8.90. The first-order valence-corrected chi connectivity index (χ1v) is 8.90. The average molecular weight is 330 g/mol. The van der Waals surface area contributed by atoms with E-state index in [-0.39, 0.29) is 17.6 Å². The van der Waals surface area contributed by atoms with E-state index in [1.165, 1.54) is 5.56 Å². The third-order valence-electron chi connectivity index (χ3n) is 5.85. The van der Waals surface area contributed by atoms with Gasteiger partial charge in [-0.05, 0) is 58.4 Å². The van der Waals surface area contributed by atoms with Crippen LogP contribution in [0.2, 0.25) is 0 Å². The van der Waals surface area contributed by atoms with Crippen molar-refractivity contribution in [3.63, 3.8) is 0 Å². The molecule has 0 aromatic carbocycles. The van der Waals surface area contributed by atoms with Gasteiger partial charge in [0.05, 0.1) is 7.11 Å². The number of hydrogen-bond acceptors (Lipinski definition) is 4. The van der Waals surface area contributed by atoms with Crippen LogP contribution in [0.4, 0.5) is 4.79 Å². The summed E-state index contributed by atoms with van der Waals surface area (Å²) >= 11 is 0. The van der Waals surface area contributed by atoms with Crippen LogP contribution < -0.4 is 4.74 Å². The lowest BCUT2D eigenvalue weighted by atomic mass is 9.70. The first-order chi connectivity index (χ1) is 11.3. The van der Waals surface area contributed by atoms with Gasteiger partial charge in [-0.25, -0.2) is 9.78 Å². The molecule has 1 aliphatic carbocycles. The van der Waals surface area contributed by atoms with Crippen molar-refractivity contribution in [1.29, 1.82) is 0 Å². The number of methoxy groups -OCH3 is 1. The van der Waals surface area contributed by atoms with Gasteiger partial charge in [0, 0.05) is 29.3 Å². The lowest BCUT2D eigenvalue weighted by Crippen LogP contribution is -2.44. The lowest BCUT2D eigenvalue weighted by Gasteiger charge is -2.35. The predicted molar refractivity (Wildman–Crippen MR) is 90.3 cm³/mol. The van der Waals surface area contributed by atoms with Gasteiger partial charge in [-0.3, -0.25) is 0 Å². The maximum absolute atomic E-state index is 12.7. The van der Waals surface area contributed by atoms with Crippen LogP contribution in [-0.2, 0) is 16.6 Å². The Morgan fingerprint density at radius 1 is 1.33 bits per heavy atom. The highest BCUT2D eigenvalue weighted by molar-refractivity contribution is 5.71. The van der Waals surface area contributed by atoms with Crippen LogP contribution >= 0.6 is 0 Å². The number of ether oxygens (including phenoxy) is 2. The Morgan fingerprint density at radius 3 is 2.83 bits per heavy atom. The second-order valence-electron chi connectivity index (χ2n) is 8.34. The van der Waals surface area contributed by atoms with Crippen molar-refractivity contribution in [3.05, 3.63) is 23.4 Å². The Kier molecular flexibility index (Phi) is 3.35. The summed E-state index contributed by atoms with van der Waals surface area (Å²) in [6.07, 6.45) is 5.08. The predicted octanol–water partition coefficient (Wildman–Crippen LogP) is 3.45. The number of aromatic nitrogens is 1. The minimum absolute atomic E-state index is 0.0639. The molecular formula is C19H26N2O3. The smallest absolute Gasteiger partial charge is 0.410 e. The second-order valence-corrected chi connectivity index (χ2v) is 8.34. The van der Waals surface area contributed by atoms with Gasteiger partial charge in [0.2, 0.25) is 5.88 Å². The van der Waals surface area contributed by atoms with Crippen LogP contribution in [0, 0.1) is 0 Å². The SMILES string of the molecule is COc1ccc2c(n1)CC[C@]21C[C@@H]2CC[C@H]1N2C(=O)OC(C)(C)C. The number of carbonyl (C=O) groups excluding carboxylic acids is 1. The number of aryl methyl sites for hydroxylation is 1. The summed E-state index contributed by atoms with van der Waals surface area (Å²) in [4.78, 5) is 19.4. The molecule has 5 nitrogen and oxygen atoms in total. The van der Waals surface area contributed by atoms with Crippen molar-refractivity contribution < 1.29 is 14.3 Å². The molecule has 3 heterocycles. The fraction of sp³-hybridized carbons (Fsp3) is 0.684. The van der Waals surface area contributed by atoms with Crippen molar-refractivity contribution >= 4 is 6.09 Å². The highest BCUT2D eigenvalue weighted by Gasteiger charge is 2.61. The quantitative estimate of drug-likeness (QED) is 0.791. The summed E-state index contributed by atoms with van der Waals surface area (Å²) in [7, 11) is 1.65. The van der Waals surface area contributed by atoms with Crippen molar-refractivity contribution in [2.45, 2.75) is 76.0 Å². The fourth-order valence-corrected chi connectivity index (χ4v) is 5.05. The summed E-state index contributed by atoms with van der Waals surface area (Å²) in [5.41, 5.74) is 2.08. The third-order valence-corrected chi connectivity index (χ3v) is 5.85. The van der Waals surface area contributed by atoms with Gasteiger partial charge in [0.15, 0.2) is 0 Å². The second kappa shape index (κ2) is 5.11. The molecule has 0 N–H and O–H groups in total. The zero-order valence-corrected chi connectivity index (χ0v) is 15.0. The number of fused-ring (bicyclic) bond motifs is 5. The van der Waals surface area contributed by atoms with Crippen molar-refractivity contribution in [1.82, 2.24) is 9.88 Å². The molecule has 0 saturated carbocycles. The molecule has 1 spiro atoms. The molecule has 24 heavy (non-hydrogen) atoms. The standard InChI is InChI=1S/C19H26N2O3/c1-18(2,3)24-17(22)21-12-5-7-15(21)19(11-12)10-9-14-13(19)6-8-16(20-14)23-4/h6,8,12,15H,5,7,9-11H2,1-4H3/t12-,15+,19-/m0/s1. The minimum atomic E-state index is -0.450. The Balaban J connectivity index is 1.65. The van der Waals surface area contributed by atoms with Crippen molar-refractivity contribution in [2.75, 3.05) is 7.11 Å². The third kappa shape index (κ3) is 2.20. The van der Waals surface area contributed by atoms with Gasteiger partial charge in [-0.2, -0.15) is 0 Å². The molecule has 3 atom stereocenters. The molecule has 5 heteroatoms. The Morgan fingerprint density at radius 2 is 2.12 bits per heavy atom. The molecule has 2 fully saturated rings. The molecule has 2 bridgehead atoms. The molecule has 0 unspecified atom stereocenters. The van der Waals surface area contributed by atoms with Crippen LogP contribution in [0.25, 0.3) is 0 Å². The van der Waals surface area contributed by atoms with E-state index in [0.717, 1.165) is 37.8 Å². The summed E-state index contributed by atoms with van der Waals surface area (Å²) in [6, 6.07) is 4.67. The van der Waals surface area contributed by atoms with E-state index in [9.17, 15) is 4.79 Å². The van der Waals surface area contributed by atoms with E-state index in [4.69, 9.17) is 9.47 Å². The highest BCUT2D eigenvalue weighted by atomic mass is 16.6. The topological polar surface area (TPSA) is 51.7 Å². The molecule has 1 amide bonds. The monoisotopic (exact) mass is 330 g/mol. The molecule has 3 aliphatic rings. The molecule has 2 saturated heterocycles. The van der Waals surface area contributed by atoms with Crippen LogP contribution in [-0.4, -0.2) is 40.8 Å². The van der Waals surface area contributed by atoms with Crippen LogP contribution in [0.1, 0.15) is 57.7 Å². The molecule has 4 rings (SSSR count). The molecule has 130 valence electrons. The molecule has 2 aliphatic heterocycles. The molecular weight excluding hydrogens is 304 g/mol. The molecule has 0 radical (unpaired) electrons. The van der Waals surface area contributed by atoms with Gasteiger partial charge in [-0.15, -0.1) is 0 Å². The normalized spacial score (nSPS) is 30.8. The summed E-state index contributed by atoms with van der Waals surface area (Å²) < 4.78 is 11.0. The molecule has 1 aromatic heterocycles. The number of nitrogens with zero attached hydrogens (tertiary/aromatic N) is 2. The van der Waals surface area contributed by atoms with Gasteiger partial charge in [0.1, 0.15) is 5.60 Å². The number of hydrogen-bond donors (Lipinski definition) is 0. The number of amides is 1. The van der Waals surface area contributed by atoms with Gasteiger partial charge in [-0.1, -0.05) is 6.07 Å². The van der Waals surface area contributed by atoms with E-state index in [2.05, 4.69) is 11.1 Å². The Bertz CT molecular complexity index is 682. The summed E-state index contributed by atoms with van der Waals surface area (Å²) in [5.74, 6) is 0.679. The number of rotatable bonds is 1. The highest BCUT2D eigenvalue weighted by Crippen LogP contribution is 2.57. The zero-order chi connectivity index (χ0) is 17.1. The first kappa shape index (κ1) is 15.7. The van der Waals surface area contributed by atoms with Crippen molar-refractivity contribution in [2.24, 2.45) is 0 Å². The van der Waals surface area contributed by atoms with Crippen LogP contribution in [0.3, 0.4) is 0 Å². The maximum atomic E-state index is 12.7. The Labute approximate surface area is 143 Å². The Hall–Kier alpha value is -1.78. The van der Waals surface area contributed by atoms with E-state index >= 15 is 0 Å².